The van der Waals surface area contributed by atoms with Crippen LogP contribution in [0.5, 0.6) is 0 Å². The van der Waals surface area contributed by atoms with Crippen LogP contribution >= 0.6 is 0 Å². The maximum absolute atomic E-state index is 11.8. The van der Waals surface area contributed by atoms with E-state index in [1.54, 1.807) is 0 Å². The highest BCUT2D eigenvalue weighted by molar-refractivity contribution is 6.02. The van der Waals surface area contributed by atoms with E-state index in [-0.39, 0.29) is 19.4 Å². The largest absolute Gasteiger partial charge is 0.357 e. The maximum atomic E-state index is 11.8. The van der Waals surface area contributed by atoms with E-state index in [4.69, 9.17) is 0 Å². The Balaban J connectivity index is 2.66. The zero-order valence-corrected chi connectivity index (χ0v) is 11.1. The molecule has 110 valence electrons. The Hall–Kier alpha value is -2.45. The minimum absolute atomic E-state index is 0.0252. The van der Waals surface area contributed by atoms with Crippen LogP contribution in [0.25, 0.3) is 0 Å². The Morgan fingerprint density at radius 2 is 1.70 bits per heavy atom. The lowest BCUT2D eigenvalue weighted by atomic mass is 10.3. The normalized spacial score (nSPS) is 15.8. The van der Waals surface area contributed by atoms with Crippen molar-refractivity contribution in [3.63, 3.8) is 0 Å². The molecule has 0 aliphatic carbocycles. The maximum Gasteiger partial charge on any atom is 0.357 e. The molecule has 20 heavy (non-hydrogen) atoms. The van der Waals surface area contributed by atoms with Crippen molar-refractivity contribution in [3.05, 3.63) is 0 Å². The average molecular weight is 285 g/mol. The molecule has 0 saturated carbocycles. The van der Waals surface area contributed by atoms with Crippen LogP contribution in [0.4, 0.5) is 0 Å². The SMILES string of the molecule is CC(=O)NCC(NC(C)=O)C(=O)ON1C(=O)CCC1=O. The van der Waals surface area contributed by atoms with Crippen LogP contribution in [-0.4, -0.2) is 47.2 Å². The predicted octanol–water partition coefficient (Wildman–Crippen LogP) is -1.77. The van der Waals surface area contributed by atoms with Gasteiger partial charge in [0.05, 0.1) is 0 Å². The molecule has 1 saturated heterocycles. The van der Waals surface area contributed by atoms with Gasteiger partial charge < -0.3 is 15.5 Å². The third-order valence-electron chi connectivity index (χ3n) is 2.40. The minimum Gasteiger partial charge on any atom is -0.354 e. The lowest BCUT2D eigenvalue weighted by molar-refractivity contribution is -0.199. The van der Waals surface area contributed by atoms with Gasteiger partial charge in [0.25, 0.3) is 11.8 Å². The number of imide groups is 1. The first-order chi connectivity index (χ1) is 9.31. The summed E-state index contributed by atoms with van der Waals surface area (Å²) in [5.74, 6) is -3.16. The van der Waals surface area contributed by atoms with Gasteiger partial charge in [-0.3, -0.25) is 19.2 Å². The quantitative estimate of drug-likeness (QED) is 0.577. The van der Waals surface area contributed by atoms with E-state index in [0.29, 0.717) is 5.06 Å². The number of amides is 4. The number of hydroxylamine groups is 2. The molecular weight excluding hydrogens is 270 g/mol. The van der Waals surface area contributed by atoms with Gasteiger partial charge in [-0.25, -0.2) is 4.79 Å². The highest BCUT2D eigenvalue weighted by Gasteiger charge is 2.35. The molecular formula is C11H15N3O6. The third kappa shape index (κ3) is 4.34. The molecule has 0 aromatic carbocycles. The van der Waals surface area contributed by atoms with E-state index in [9.17, 15) is 24.0 Å². The van der Waals surface area contributed by atoms with E-state index in [2.05, 4.69) is 15.5 Å². The zero-order chi connectivity index (χ0) is 15.3. The van der Waals surface area contributed by atoms with Crippen molar-refractivity contribution in [2.45, 2.75) is 32.7 Å². The summed E-state index contributed by atoms with van der Waals surface area (Å²) in [5.41, 5.74) is 0. The Bertz CT molecular complexity index is 445. The summed E-state index contributed by atoms with van der Waals surface area (Å²) in [6.07, 6.45) is -0.0504. The minimum atomic E-state index is -1.18. The fourth-order valence-electron chi connectivity index (χ4n) is 1.50. The van der Waals surface area contributed by atoms with E-state index in [0.717, 1.165) is 0 Å². The summed E-state index contributed by atoms with van der Waals surface area (Å²) >= 11 is 0. The highest BCUT2D eigenvalue weighted by Crippen LogP contribution is 2.12. The van der Waals surface area contributed by atoms with Gasteiger partial charge in [-0.05, 0) is 0 Å². The number of nitrogens with zero attached hydrogens (tertiary/aromatic N) is 1. The average Bonchev–Trinajstić information content (AvgIpc) is 2.65. The molecule has 1 heterocycles. The lowest BCUT2D eigenvalue weighted by Crippen LogP contribution is -2.50. The fraction of sp³-hybridized carbons (Fsp3) is 0.545. The van der Waals surface area contributed by atoms with Crippen LogP contribution < -0.4 is 10.6 Å². The van der Waals surface area contributed by atoms with Crippen molar-refractivity contribution in [1.29, 1.82) is 0 Å². The first-order valence-corrected chi connectivity index (χ1v) is 5.90. The summed E-state index contributed by atoms with van der Waals surface area (Å²) in [7, 11) is 0. The van der Waals surface area contributed by atoms with Crippen LogP contribution in [0.2, 0.25) is 0 Å². The molecule has 0 aromatic rings. The molecule has 1 atom stereocenters. The molecule has 4 amide bonds. The van der Waals surface area contributed by atoms with Crippen LogP contribution in [0.15, 0.2) is 0 Å². The molecule has 9 heteroatoms. The second-order valence-corrected chi connectivity index (χ2v) is 4.18. The molecule has 0 bridgehead atoms. The van der Waals surface area contributed by atoms with Crippen molar-refractivity contribution < 1.29 is 28.8 Å². The van der Waals surface area contributed by atoms with E-state index >= 15 is 0 Å². The Morgan fingerprint density at radius 3 is 2.15 bits per heavy atom. The van der Waals surface area contributed by atoms with Gasteiger partial charge in [-0.2, -0.15) is 0 Å². The van der Waals surface area contributed by atoms with Gasteiger partial charge in [0.15, 0.2) is 0 Å². The van der Waals surface area contributed by atoms with Crippen molar-refractivity contribution in [1.82, 2.24) is 15.7 Å². The molecule has 0 spiro atoms. The standard InChI is InChI=1S/C11H15N3O6/c1-6(15)12-5-8(13-7(2)16)11(19)20-14-9(17)3-4-10(14)18/h8H,3-5H2,1-2H3,(H,12,15)(H,13,16). The molecule has 1 rings (SSSR count). The van der Waals surface area contributed by atoms with Crippen molar-refractivity contribution in [2.24, 2.45) is 0 Å². The van der Waals surface area contributed by atoms with Crippen LogP contribution in [-0.2, 0) is 28.8 Å². The van der Waals surface area contributed by atoms with Crippen LogP contribution in [0, 0.1) is 0 Å². The molecule has 0 radical (unpaired) electrons. The highest BCUT2D eigenvalue weighted by atomic mass is 16.7. The first kappa shape index (κ1) is 15.6. The summed E-state index contributed by atoms with van der Waals surface area (Å²) < 4.78 is 0. The Kier molecular flexibility index (Phi) is 5.18. The molecule has 2 N–H and O–H groups in total. The van der Waals surface area contributed by atoms with Crippen LogP contribution in [0.3, 0.4) is 0 Å². The van der Waals surface area contributed by atoms with E-state index in [1.165, 1.54) is 13.8 Å². The number of hydrogen-bond donors (Lipinski definition) is 2. The second kappa shape index (κ2) is 6.64. The van der Waals surface area contributed by atoms with Gasteiger partial charge in [-0.1, -0.05) is 0 Å². The molecule has 1 fully saturated rings. The van der Waals surface area contributed by atoms with Gasteiger partial charge in [0.2, 0.25) is 11.8 Å². The number of rotatable bonds is 5. The summed E-state index contributed by atoms with van der Waals surface area (Å²) in [5, 5.41) is 4.98. The lowest BCUT2D eigenvalue weighted by Gasteiger charge is -2.19. The van der Waals surface area contributed by atoms with E-state index in [1.807, 2.05) is 0 Å². The summed E-state index contributed by atoms with van der Waals surface area (Å²) in [6, 6.07) is -1.18. The summed E-state index contributed by atoms with van der Waals surface area (Å²) in [6.45, 7) is 2.22. The van der Waals surface area contributed by atoms with Gasteiger partial charge in [0, 0.05) is 33.2 Å². The number of nitrogens with one attached hydrogen (secondary N) is 2. The number of hydrogen-bond acceptors (Lipinski definition) is 6. The number of carbonyl (C=O) groups is 5. The molecule has 1 unspecified atom stereocenters. The second-order valence-electron chi connectivity index (χ2n) is 4.18. The summed E-state index contributed by atoms with van der Waals surface area (Å²) in [4.78, 5) is 60.9. The first-order valence-electron chi connectivity index (χ1n) is 5.90. The molecule has 9 nitrogen and oxygen atoms in total. The van der Waals surface area contributed by atoms with Crippen LogP contribution in [0.1, 0.15) is 26.7 Å². The van der Waals surface area contributed by atoms with E-state index < -0.39 is 35.6 Å². The van der Waals surface area contributed by atoms with Crippen molar-refractivity contribution in [3.8, 4) is 0 Å². The Morgan fingerprint density at radius 1 is 1.15 bits per heavy atom. The molecule has 1 aliphatic rings. The van der Waals surface area contributed by atoms with Gasteiger partial charge >= 0.3 is 5.97 Å². The topological polar surface area (TPSA) is 122 Å². The molecule has 1 aliphatic heterocycles. The Labute approximate surface area is 114 Å². The smallest absolute Gasteiger partial charge is 0.354 e. The monoisotopic (exact) mass is 285 g/mol. The van der Waals surface area contributed by atoms with Crippen molar-refractivity contribution >= 4 is 29.6 Å². The zero-order valence-electron chi connectivity index (χ0n) is 11.1. The fourth-order valence-corrected chi connectivity index (χ4v) is 1.50. The van der Waals surface area contributed by atoms with Crippen molar-refractivity contribution in [2.75, 3.05) is 6.54 Å². The third-order valence-corrected chi connectivity index (χ3v) is 2.40. The number of carbonyl (C=O) groups excluding carboxylic acids is 5. The predicted molar refractivity (Wildman–Crippen MR) is 63.5 cm³/mol. The van der Waals surface area contributed by atoms with Gasteiger partial charge in [-0.15, -0.1) is 5.06 Å². The van der Waals surface area contributed by atoms with Gasteiger partial charge in [0.1, 0.15) is 6.04 Å². The molecule has 0 aromatic heterocycles.